The first-order valence-corrected chi connectivity index (χ1v) is 20.5. The van der Waals surface area contributed by atoms with Crippen molar-refractivity contribution in [3.63, 3.8) is 0 Å². The summed E-state index contributed by atoms with van der Waals surface area (Å²) < 4.78 is 17.5. The molecule has 2 aliphatic rings. The van der Waals surface area contributed by atoms with Crippen molar-refractivity contribution in [1.82, 2.24) is 0 Å². The second-order valence-electron chi connectivity index (χ2n) is 13.6. The minimum absolute atomic E-state index is 0.426. The van der Waals surface area contributed by atoms with Gasteiger partial charge >= 0.3 is 0 Å². The first-order chi connectivity index (χ1) is 25.3. The zero-order chi connectivity index (χ0) is 35.6. The van der Waals surface area contributed by atoms with Gasteiger partial charge in [0.2, 0.25) is 0 Å². The molecular formula is C46H31Cl4OP. The Morgan fingerprint density at radius 1 is 0.423 bits per heavy atom. The van der Waals surface area contributed by atoms with Crippen molar-refractivity contribution in [2.45, 2.75) is 25.7 Å². The van der Waals surface area contributed by atoms with Gasteiger partial charge in [-0.25, -0.2) is 0 Å². The molecule has 0 aliphatic heterocycles. The fourth-order valence-electron chi connectivity index (χ4n) is 8.35. The number of benzene rings is 7. The number of halogens is 4. The molecule has 7 aromatic carbocycles. The van der Waals surface area contributed by atoms with E-state index >= 15 is 4.57 Å². The van der Waals surface area contributed by atoms with Crippen LogP contribution in [-0.4, -0.2) is 0 Å². The van der Waals surface area contributed by atoms with Crippen molar-refractivity contribution in [3.05, 3.63) is 204 Å². The molecule has 0 radical (unpaired) electrons. The monoisotopic (exact) mass is 770 g/mol. The summed E-state index contributed by atoms with van der Waals surface area (Å²) in [5, 5.41) is 4.84. The molecule has 0 saturated carbocycles. The quantitative estimate of drug-likeness (QED) is 0.148. The van der Waals surface area contributed by atoms with Crippen molar-refractivity contribution < 1.29 is 4.57 Å². The summed E-state index contributed by atoms with van der Waals surface area (Å²) in [5.41, 5.74) is 12.7. The number of rotatable bonds is 7. The number of hydrogen-bond acceptors (Lipinski definition) is 1. The highest BCUT2D eigenvalue weighted by Crippen LogP contribution is 2.53. The van der Waals surface area contributed by atoms with Gasteiger partial charge in [-0.05, 0) is 104 Å². The summed E-state index contributed by atoms with van der Waals surface area (Å²) in [4.78, 5) is 0. The molecular weight excluding hydrogens is 741 g/mol. The Labute approximate surface area is 324 Å². The summed E-state index contributed by atoms with van der Waals surface area (Å²) in [6, 6.07) is 46.9. The summed E-state index contributed by atoms with van der Waals surface area (Å²) in [7, 11) is -3.70. The molecule has 0 unspecified atom stereocenters. The van der Waals surface area contributed by atoms with Gasteiger partial charge < -0.3 is 4.57 Å². The van der Waals surface area contributed by atoms with Gasteiger partial charge in [0.05, 0.1) is 0 Å². The van der Waals surface area contributed by atoms with E-state index in [0.717, 1.165) is 60.4 Å². The van der Waals surface area contributed by atoms with Crippen LogP contribution in [0.15, 0.2) is 140 Å². The zero-order valence-electron chi connectivity index (χ0n) is 28.0. The molecule has 6 heteroatoms. The normalized spacial score (nSPS) is 12.7. The summed E-state index contributed by atoms with van der Waals surface area (Å²) in [5.74, 6) is 0. The van der Waals surface area contributed by atoms with Crippen LogP contribution in [0, 0.1) is 0 Å². The van der Waals surface area contributed by atoms with E-state index in [1.54, 1.807) is 0 Å². The van der Waals surface area contributed by atoms with Crippen molar-refractivity contribution >= 4 is 69.5 Å². The van der Waals surface area contributed by atoms with Crippen LogP contribution < -0.4 is 15.9 Å². The highest BCUT2D eigenvalue weighted by Gasteiger charge is 2.42. The van der Waals surface area contributed by atoms with Crippen LogP contribution >= 0.6 is 53.5 Å². The van der Waals surface area contributed by atoms with Crippen LogP contribution in [0.2, 0.25) is 20.1 Å². The predicted octanol–water partition coefficient (Wildman–Crippen LogP) is 12.3. The Morgan fingerprint density at radius 2 is 0.827 bits per heavy atom. The minimum Gasteiger partial charge on any atom is -0.309 e. The molecule has 0 amide bonds. The van der Waals surface area contributed by atoms with Crippen molar-refractivity contribution in [2.75, 3.05) is 0 Å². The van der Waals surface area contributed by atoms with Gasteiger partial charge in [0.25, 0.3) is 0 Å². The van der Waals surface area contributed by atoms with Gasteiger partial charge in [0.15, 0.2) is 7.14 Å². The van der Waals surface area contributed by atoms with Gasteiger partial charge in [-0.2, -0.15) is 0 Å². The second-order valence-corrected chi connectivity index (χ2v) is 17.8. The SMILES string of the molecule is O=P(c1ccccc1)(c1c(Cc2c(Cl)cccc2Cl)ccc2c1Cc1ccccc1-2)c1c(Cc2c(Cl)cccc2Cl)ccc2c1Cc1ccccc1-2. The first kappa shape index (κ1) is 33.7. The van der Waals surface area contributed by atoms with Gasteiger partial charge in [0, 0.05) is 48.8 Å². The van der Waals surface area contributed by atoms with E-state index in [2.05, 4.69) is 72.8 Å². The van der Waals surface area contributed by atoms with Gasteiger partial charge in [-0.1, -0.05) is 162 Å². The van der Waals surface area contributed by atoms with Gasteiger partial charge in [-0.15, -0.1) is 0 Å². The molecule has 0 heterocycles. The Morgan fingerprint density at radius 3 is 1.27 bits per heavy atom. The highest BCUT2D eigenvalue weighted by atomic mass is 35.5. The van der Waals surface area contributed by atoms with Crippen LogP contribution in [0.4, 0.5) is 0 Å². The van der Waals surface area contributed by atoms with Crippen molar-refractivity contribution in [2.24, 2.45) is 0 Å². The van der Waals surface area contributed by atoms with Crippen molar-refractivity contribution in [3.8, 4) is 22.3 Å². The lowest BCUT2D eigenvalue weighted by atomic mass is 9.98. The van der Waals surface area contributed by atoms with E-state index in [0.29, 0.717) is 45.8 Å². The Hall–Kier alpha value is -4.07. The molecule has 0 aromatic heterocycles. The molecule has 0 atom stereocenters. The highest BCUT2D eigenvalue weighted by molar-refractivity contribution is 7.85. The van der Waals surface area contributed by atoms with Gasteiger partial charge in [0.1, 0.15) is 0 Å². The number of fused-ring (bicyclic) bond motifs is 6. The first-order valence-electron chi connectivity index (χ1n) is 17.3. The van der Waals surface area contributed by atoms with Crippen LogP contribution in [0.3, 0.4) is 0 Å². The Kier molecular flexibility index (Phi) is 8.70. The zero-order valence-corrected chi connectivity index (χ0v) is 31.9. The average molecular weight is 773 g/mol. The molecule has 0 bridgehead atoms. The summed E-state index contributed by atoms with van der Waals surface area (Å²) >= 11 is 27.5. The second kappa shape index (κ2) is 13.4. The maximum absolute atomic E-state index is 17.5. The van der Waals surface area contributed by atoms with E-state index in [9.17, 15) is 0 Å². The van der Waals surface area contributed by atoms with E-state index in [1.807, 2.05) is 66.7 Å². The fraction of sp³-hybridized carbons (Fsp3) is 0.0870. The van der Waals surface area contributed by atoms with E-state index in [-0.39, 0.29) is 0 Å². The van der Waals surface area contributed by atoms with E-state index in [1.165, 1.54) is 22.3 Å². The molecule has 2 aliphatic carbocycles. The maximum Gasteiger partial charge on any atom is 0.172 e. The van der Waals surface area contributed by atoms with Crippen LogP contribution in [-0.2, 0) is 30.2 Å². The molecule has 9 rings (SSSR count). The topological polar surface area (TPSA) is 17.1 Å². The van der Waals surface area contributed by atoms with Crippen molar-refractivity contribution in [1.29, 1.82) is 0 Å². The molecule has 254 valence electrons. The maximum atomic E-state index is 17.5. The predicted molar refractivity (Wildman–Crippen MR) is 221 cm³/mol. The summed E-state index contributed by atoms with van der Waals surface area (Å²) in [6.07, 6.45) is 2.19. The minimum atomic E-state index is -3.70. The lowest BCUT2D eigenvalue weighted by molar-refractivity contribution is 0.592. The molecule has 1 nitrogen and oxygen atoms in total. The Balaban J connectivity index is 1.40. The van der Waals surface area contributed by atoms with E-state index in [4.69, 9.17) is 46.4 Å². The lowest BCUT2D eigenvalue weighted by Crippen LogP contribution is -2.34. The van der Waals surface area contributed by atoms with Crippen LogP contribution in [0.1, 0.15) is 44.5 Å². The van der Waals surface area contributed by atoms with E-state index < -0.39 is 7.14 Å². The smallest absolute Gasteiger partial charge is 0.172 e. The Bertz CT molecular complexity index is 2410. The van der Waals surface area contributed by atoms with Crippen LogP contribution in [0.5, 0.6) is 0 Å². The molecule has 0 saturated heterocycles. The number of hydrogen-bond donors (Lipinski definition) is 0. The lowest BCUT2D eigenvalue weighted by Gasteiger charge is -2.30. The third-order valence-corrected chi connectivity index (χ3v) is 15.5. The molecule has 0 fully saturated rings. The van der Waals surface area contributed by atoms with Crippen LogP contribution in [0.25, 0.3) is 22.3 Å². The standard InChI is InChI=1S/C46H31Cl4OP/c47-41-16-8-17-42(48)39(41)26-30-20-22-35-33-14-6-4-10-28(33)24-37(35)45(30)52(51,32-12-2-1-3-13-32)46-31(27-40-43(49)18-9-19-44(40)50)21-23-36-34-15-7-5-11-29(34)25-38(36)46/h1-23H,24-27H2. The van der Waals surface area contributed by atoms with Gasteiger partial charge in [-0.3, -0.25) is 0 Å². The third-order valence-electron chi connectivity index (χ3n) is 10.7. The molecule has 0 N–H and O–H groups in total. The molecule has 0 spiro atoms. The molecule has 7 aromatic rings. The molecule has 52 heavy (non-hydrogen) atoms. The largest absolute Gasteiger partial charge is 0.309 e. The average Bonchev–Trinajstić information content (AvgIpc) is 3.73. The summed E-state index contributed by atoms with van der Waals surface area (Å²) in [6.45, 7) is 0. The fourth-order valence-corrected chi connectivity index (χ4v) is 13.0. The third kappa shape index (κ3) is 5.49.